The Hall–Kier alpha value is -2.94. The molecule has 6 nitrogen and oxygen atoms in total. The first-order chi connectivity index (χ1) is 13.1. The van der Waals surface area contributed by atoms with Gasteiger partial charge in [-0.15, -0.1) is 0 Å². The molecule has 0 aliphatic carbocycles. The number of carbonyl (C=O) groups is 1. The van der Waals surface area contributed by atoms with Crippen LogP contribution in [0.5, 0.6) is 11.5 Å². The second-order valence-corrected chi connectivity index (χ2v) is 7.60. The highest BCUT2D eigenvalue weighted by Crippen LogP contribution is 2.29. The standard InChI is InChI=1S/C19H19F2NO5S/c1-4-26-19(23)22-28(24,25)15-7-5-14(6-8-15)27-18-16(20)10-13(9-12(2)3)11-17(18)21/h5-8,10-11H,2,4,9H2,1,3H3,(H,22,23). The van der Waals surface area contributed by atoms with Crippen LogP contribution in [0.4, 0.5) is 13.6 Å². The molecule has 0 saturated carbocycles. The first kappa shape index (κ1) is 21.4. The Bertz CT molecular complexity index is 965. The average molecular weight is 411 g/mol. The third-order valence-electron chi connectivity index (χ3n) is 3.41. The Morgan fingerprint density at radius 2 is 1.71 bits per heavy atom. The van der Waals surface area contributed by atoms with Gasteiger partial charge < -0.3 is 9.47 Å². The summed E-state index contributed by atoms with van der Waals surface area (Å²) in [6.45, 7) is 6.98. The number of allylic oxidation sites excluding steroid dienone is 1. The molecule has 9 heteroatoms. The van der Waals surface area contributed by atoms with Crippen molar-refractivity contribution in [1.29, 1.82) is 0 Å². The predicted octanol–water partition coefficient (Wildman–Crippen LogP) is 4.31. The van der Waals surface area contributed by atoms with E-state index in [1.54, 1.807) is 11.6 Å². The highest BCUT2D eigenvalue weighted by molar-refractivity contribution is 7.90. The third-order valence-corrected chi connectivity index (χ3v) is 4.74. The van der Waals surface area contributed by atoms with Crippen LogP contribution < -0.4 is 9.46 Å². The van der Waals surface area contributed by atoms with Crippen molar-refractivity contribution < 1.29 is 31.5 Å². The molecule has 0 aliphatic rings. The molecule has 0 fully saturated rings. The molecule has 0 unspecified atom stereocenters. The van der Waals surface area contributed by atoms with Crippen molar-refractivity contribution in [2.45, 2.75) is 25.2 Å². The number of halogens is 2. The number of hydrogen-bond donors (Lipinski definition) is 1. The molecule has 0 spiro atoms. The van der Waals surface area contributed by atoms with E-state index in [0.717, 1.165) is 29.8 Å². The molecule has 2 aromatic rings. The van der Waals surface area contributed by atoms with Crippen molar-refractivity contribution in [1.82, 2.24) is 4.72 Å². The van der Waals surface area contributed by atoms with E-state index in [2.05, 4.69) is 11.3 Å². The number of rotatable bonds is 7. The van der Waals surface area contributed by atoms with Gasteiger partial charge in [-0.25, -0.2) is 26.7 Å². The fraction of sp³-hybridized carbons (Fsp3) is 0.211. The van der Waals surface area contributed by atoms with Gasteiger partial charge in [-0.2, -0.15) is 0 Å². The SMILES string of the molecule is C=C(C)Cc1cc(F)c(Oc2ccc(S(=O)(=O)NC(=O)OCC)cc2)c(F)c1. The topological polar surface area (TPSA) is 81.7 Å². The zero-order valence-electron chi connectivity index (χ0n) is 15.3. The molecule has 0 radical (unpaired) electrons. The largest absolute Gasteiger partial charge is 0.451 e. The molecular weight excluding hydrogens is 392 g/mol. The Balaban J connectivity index is 2.19. The molecule has 0 atom stereocenters. The van der Waals surface area contributed by atoms with Crippen LogP contribution in [0.3, 0.4) is 0 Å². The molecule has 150 valence electrons. The fourth-order valence-electron chi connectivity index (χ4n) is 2.29. The molecule has 0 saturated heterocycles. The fourth-order valence-corrected chi connectivity index (χ4v) is 3.18. The van der Waals surface area contributed by atoms with E-state index in [0.29, 0.717) is 12.0 Å². The molecule has 0 aliphatic heterocycles. The second-order valence-electron chi connectivity index (χ2n) is 5.92. The number of benzene rings is 2. The zero-order chi connectivity index (χ0) is 20.9. The summed E-state index contributed by atoms with van der Waals surface area (Å²) in [6.07, 6.45) is -0.782. The summed E-state index contributed by atoms with van der Waals surface area (Å²) in [5.41, 5.74) is 1.17. The van der Waals surface area contributed by atoms with Crippen LogP contribution in [0.15, 0.2) is 53.4 Å². The first-order valence-corrected chi connectivity index (χ1v) is 9.70. The van der Waals surface area contributed by atoms with Crippen molar-refractivity contribution in [3.8, 4) is 11.5 Å². The molecule has 0 heterocycles. The van der Waals surface area contributed by atoms with Crippen LogP contribution in [-0.4, -0.2) is 21.1 Å². The highest BCUT2D eigenvalue weighted by Gasteiger charge is 2.19. The molecule has 0 bridgehead atoms. The van der Waals surface area contributed by atoms with Crippen LogP contribution in [0.1, 0.15) is 19.4 Å². The monoisotopic (exact) mass is 411 g/mol. The molecular formula is C19H19F2NO5S. The molecule has 1 amide bonds. The number of ether oxygens (including phenoxy) is 2. The number of hydrogen-bond acceptors (Lipinski definition) is 5. The summed E-state index contributed by atoms with van der Waals surface area (Å²) in [5.74, 6) is -2.37. The third kappa shape index (κ3) is 5.53. The van der Waals surface area contributed by atoms with E-state index >= 15 is 0 Å². The summed E-state index contributed by atoms with van der Waals surface area (Å²) in [7, 11) is -4.14. The lowest BCUT2D eigenvalue weighted by atomic mass is 10.1. The van der Waals surface area contributed by atoms with Gasteiger partial charge in [0.15, 0.2) is 17.4 Å². The van der Waals surface area contributed by atoms with Crippen LogP contribution in [-0.2, 0) is 21.2 Å². The number of nitrogens with one attached hydrogen (secondary N) is 1. The van der Waals surface area contributed by atoms with Crippen LogP contribution >= 0.6 is 0 Å². The van der Waals surface area contributed by atoms with Gasteiger partial charge in [-0.3, -0.25) is 0 Å². The van der Waals surface area contributed by atoms with E-state index < -0.39 is 33.5 Å². The second kappa shape index (κ2) is 8.83. The summed E-state index contributed by atoms with van der Waals surface area (Å²) in [6, 6.07) is 6.97. The van der Waals surface area contributed by atoms with E-state index in [1.807, 2.05) is 0 Å². The summed E-state index contributed by atoms with van der Waals surface area (Å²) in [4.78, 5) is 11.0. The maximum atomic E-state index is 14.2. The number of sulfonamides is 1. The minimum atomic E-state index is -4.14. The molecule has 28 heavy (non-hydrogen) atoms. The minimum absolute atomic E-state index is 0.0103. The van der Waals surface area contributed by atoms with Crippen LogP contribution in [0.2, 0.25) is 0 Å². The average Bonchev–Trinajstić information content (AvgIpc) is 2.58. The lowest BCUT2D eigenvalue weighted by Gasteiger charge is -2.11. The Kier molecular flexibility index (Phi) is 6.74. The van der Waals surface area contributed by atoms with Crippen molar-refractivity contribution >= 4 is 16.1 Å². The maximum Gasteiger partial charge on any atom is 0.421 e. The predicted molar refractivity (Wildman–Crippen MR) is 98.7 cm³/mol. The summed E-state index contributed by atoms with van der Waals surface area (Å²) in [5, 5.41) is 0. The smallest absolute Gasteiger partial charge is 0.421 e. The maximum absolute atomic E-state index is 14.2. The van der Waals surface area contributed by atoms with Crippen molar-refractivity contribution in [3.63, 3.8) is 0 Å². The van der Waals surface area contributed by atoms with Gasteiger partial charge in [0, 0.05) is 0 Å². The minimum Gasteiger partial charge on any atom is -0.451 e. The van der Waals surface area contributed by atoms with Gasteiger partial charge in [-0.1, -0.05) is 12.2 Å². The zero-order valence-corrected chi connectivity index (χ0v) is 16.1. The normalized spacial score (nSPS) is 11.0. The van der Waals surface area contributed by atoms with Gasteiger partial charge >= 0.3 is 6.09 Å². The van der Waals surface area contributed by atoms with E-state index in [9.17, 15) is 22.0 Å². The van der Waals surface area contributed by atoms with Gasteiger partial charge in [-0.05, 0) is 62.2 Å². The number of carbonyl (C=O) groups excluding carboxylic acids is 1. The Morgan fingerprint density at radius 1 is 1.14 bits per heavy atom. The van der Waals surface area contributed by atoms with Gasteiger partial charge in [0.05, 0.1) is 11.5 Å². The number of amides is 1. The molecule has 0 aromatic heterocycles. The summed E-state index contributed by atoms with van der Waals surface area (Å²) >= 11 is 0. The van der Waals surface area contributed by atoms with Gasteiger partial charge in [0.1, 0.15) is 5.75 Å². The van der Waals surface area contributed by atoms with Crippen molar-refractivity contribution in [2.75, 3.05) is 6.61 Å². The van der Waals surface area contributed by atoms with Gasteiger partial charge in [0.25, 0.3) is 10.0 Å². The highest BCUT2D eigenvalue weighted by atomic mass is 32.2. The molecule has 2 aromatic carbocycles. The van der Waals surface area contributed by atoms with Crippen LogP contribution in [0.25, 0.3) is 0 Å². The van der Waals surface area contributed by atoms with Gasteiger partial charge in [0.2, 0.25) is 0 Å². The van der Waals surface area contributed by atoms with Crippen LogP contribution in [0, 0.1) is 11.6 Å². The lowest BCUT2D eigenvalue weighted by molar-refractivity contribution is 0.158. The van der Waals surface area contributed by atoms with Crippen molar-refractivity contribution in [3.05, 3.63) is 65.7 Å². The van der Waals surface area contributed by atoms with E-state index in [-0.39, 0.29) is 17.3 Å². The lowest BCUT2D eigenvalue weighted by Crippen LogP contribution is -2.31. The quantitative estimate of drug-likeness (QED) is 0.687. The summed E-state index contributed by atoms with van der Waals surface area (Å²) < 4.78 is 63.9. The Morgan fingerprint density at radius 3 is 2.21 bits per heavy atom. The first-order valence-electron chi connectivity index (χ1n) is 8.22. The molecule has 2 rings (SSSR count). The van der Waals surface area contributed by atoms with E-state index in [4.69, 9.17) is 4.74 Å². The van der Waals surface area contributed by atoms with E-state index in [1.165, 1.54) is 19.1 Å². The van der Waals surface area contributed by atoms with Crippen molar-refractivity contribution in [2.24, 2.45) is 0 Å². The molecule has 1 N–H and O–H groups in total. The Labute approximate surface area is 161 Å².